The Kier molecular flexibility index (Phi) is 4.70. The van der Waals surface area contributed by atoms with E-state index in [0.29, 0.717) is 12.1 Å². The number of nitrogens with zero attached hydrogens (tertiary/aromatic N) is 2. The standard InChI is InChI=1S/C15H20F2N2O/c1-18(2)15(20)11-6-8-19(9-7-11)10-12-4-3-5-13(16)14(12)17/h3-5,11H,6-10H2,1-2H3. The minimum absolute atomic E-state index is 0.0543. The Bertz CT molecular complexity index is 483. The van der Waals surface area contributed by atoms with Gasteiger partial charge in [-0.05, 0) is 32.0 Å². The number of rotatable bonds is 3. The second-order valence-electron chi connectivity index (χ2n) is 5.50. The lowest BCUT2D eigenvalue weighted by molar-refractivity contribution is -0.134. The second kappa shape index (κ2) is 6.31. The van der Waals surface area contributed by atoms with Crippen molar-refractivity contribution >= 4 is 5.91 Å². The van der Waals surface area contributed by atoms with E-state index in [2.05, 4.69) is 4.90 Å². The molecule has 0 radical (unpaired) electrons. The van der Waals surface area contributed by atoms with Crippen LogP contribution < -0.4 is 0 Å². The minimum Gasteiger partial charge on any atom is -0.349 e. The van der Waals surface area contributed by atoms with Crippen molar-refractivity contribution in [1.29, 1.82) is 0 Å². The third kappa shape index (κ3) is 3.33. The summed E-state index contributed by atoms with van der Waals surface area (Å²) in [7, 11) is 3.52. The molecule has 1 aromatic rings. The summed E-state index contributed by atoms with van der Waals surface area (Å²) in [6.45, 7) is 1.87. The Morgan fingerprint density at radius 2 is 1.95 bits per heavy atom. The average molecular weight is 282 g/mol. The number of amides is 1. The van der Waals surface area contributed by atoms with Gasteiger partial charge in [0, 0.05) is 32.1 Å². The molecule has 0 aliphatic carbocycles. The van der Waals surface area contributed by atoms with E-state index in [-0.39, 0.29) is 11.8 Å². The molecular weight excluding hydrogens is 262 g/mol. The molecule has 1 aromatic carbocycles. The normalized spacial score (nSPS) is 17.2. The lowest BCUT2D eigenvalue weighted by Gasteiger charge is -2.32. The quantitative estimate of drug-likeness (QED) is 0.849. The first-order valence-corrected chi connectivity index (χ1v) is 6.85. The second-order valence-corrected chi connectivity index (χ2v) is 5.50. The number of likely N-dealkylation sites (tertiary alicyclic amines) is 1. The monoisotopic (exact) mass is 282 g/mol. The van der Waals surface area contributed by atoms with Crippen LogP contribution in [-0.4, -0.2) is 42.9 Å². The molecular formula is C15H20F2N2O. The molecule has 0 spiro atoms. The molecule has 1 aliphatic rings. The highest BCUT2D eigenvalue weighted by atomic mass is 19.2. The number of piperidine rings is 1. The zero-order valence-electron chi connectivity index (χ0n) is 11.9. The summed E-state index contributed by atoms with van der Waals surface area (Å²) in [6.07, 6.45) is 1.54. The number of carbonyl (C=O) groups is 1. The van der Waals surface area contributed by atoms with Crippen LogP contribution in [0.15, 0.2) is 18.2 Å². The predicted molar refractivity (Wildman–Crippen MR) is 73.1 cm³/mol. The zero-order chi connectivity index (χ0) is 14.7. The molecule has 1 heterocycles. The lowest BCUT2D eigenvalue weighted by atomic mass is 9.95. The Hall–Kier alpha value is -1.49. The Morgan fingerprint density at radius 1 is 1.30 bits per heavy atom. The summed E-state index contributed by atoms with van der Waals surface area (Å²) in [5, 5.41) is 0. The van der Waals surface area contributed by atoms with Gasteiger partial charge in [-0.25, -0.2) is 8.78 Å². The third-order valence-corrected chi connectivity index (χ3v) is 3.80. The molecule has 20 heavy (non-hydrogen) atoms. The van der Waals surface area contributed by atoms with Crippen molar-refractivity contribution in [2.24, 2.45) is 5.92 Å². The van der Waals surface area contributed by atoms with Gasteiger partial charge >= 0.3 is 0 Å². The van der Waals surface area contributed by atoms with Crippen LogP contribution in [0, 0.1) is 17.6 Å². The first-order valence-electron chi connectivity index (χ1n) is 6.85. The fourth-order valence-electron chi connectivity index (χ4n) is 2.61. The van der Waals surface area contributed by atoms with Crippen LogP contribution in [-0.2, 0) is 11.3 Å². The first-order chi connectivity index (χ1) is 9.49. The number of hydrogen-bond acceptors (Lipinski definition) is 2. The number of benzene rings is 1. The van der Waals surface area contributed by atoms with Crippen LogP contribution in [0.4, 0.5) is 8.78 Å². The molecule has 1 aliphatic heterocycles. The van der Waals surface area contributed by atoms with Gasteiger partial charge < -0.3 is 4.90 Å². The topological polar surface area (TPSA) is 23.6 Å². The van der Waals surface area contributed by atoms with Crippen LogP contribution in [0.5, 0.6) is 0 Å². The van der Waals surface area contributed by atoms with Crippen molar-refractivity contribution in [2.75, 3.05) is 27.2 Å². The summed E-state index contributed by atoms with van der Waals surface area (Å²) < 4.78 is 26.8. The lowest BCUT2D eigenvalue weighted by Crippen LogP contribution is -2.39. The molecule has 0 unspecified atom stereocenters. The maximum absolute atomic E-state index is 13.6. The summed E-state index contributed by atoms with van der Waals surface area (Å²) >= 11 is 0. The fourth-order valence-corrected chi connectivity index (χ4v) is 2.61. The highest BCUT2D eigenvalue weighted by Gasteiger charge is 2.26. The average Bonchev–Trinajstić information content (AvgIpc) is 2.44. The number of hydrogen-bond donors (Lipinski definition) is 0. The molecule has 110 valence electrons. The molecule has 1 amide bonds. The van der Waals surface area contributed by atoms with E-state index in [1.165, 1.54) is 6.07 Å². The van der Waals surface area contributed by atoms with E-state index in [0.717, 1.165) is 32.0 Å². The molecule has 0 aromatic heterocycles. The molecule has 3 nitrogen and oxygen atoms in total. The highest BCUT2D eigenvalue weighted by Crippen LogP contribution is 2.21. The predicted octanol–water partition coefficient (Wildman–Crippen LogP) is 2.26. The minimum atomic E-state index is -0.805. The van der Waals surface area contributed by atoms with Crippen LogP contribution in [0.25, 0.3) is 0 Å². The maximum atomic E-state index is 13.6. The Labute approximate surface area is 118 Å². The van der Waals surface area contributed by atoms with E-state index in [1.807, 2.05) is 0 Å². The van der Waals surface area contributed by atoms with Crippen molar-refractivity contribution in [1.82, 2.24) is 9.80 Å². The Balaban J connectivity index is 1.92. The Morgan fingerprint density at radius 3 is 2.55 bits per heavy atom. The molecule has 1 saturated heterocycles. The van der Waals surface area contributed by atoms with Crippen LogP contribution in [0.1, 0.15) is 18.4 Å². The van der Waals surface area contributed by atoms with E-state index in [4.69, 9.17) is 0 Å². The van der Waals surface area contributed by atoms with Crippen LogP contribution in [0.3, 0.4) is 0 Å². The van der Waals surface area contributed by atoms with Gasteiger partial charge in [0.2, 0.25) is 5.91 Å². The molecule has 0 N–H and O–H groups in total. The van der Waals surface area contributed by atoms with Crippen LogP contribution in [0.2, 0.25) is 0 Å². The van der Waals surface area contributed by atoms with E-state index < -0.39 is 11.6 Å². The largest absolute Gasteiger partial charge is 0.349 e. The summed E-state index contributed by atoms with van der Waals surface area (Å²) in [6, 6.07) is 4.26. The number of halogens is 2. The molecule has 0 bridgehead atoms. The summed E-state index contributed by atoms with van der Waals surface area (Å²) in [5.41, 5.74) is 0.377. The molecule has 1 fully saturated rings. The van der Waals surface area contributed by atoms with Gasteiger partial charge in [-0.2, -0.15) is 0 Å². The van der Waals surface area contributed by atoms with Crippen molar-refractivity contribution in [3.8, 4) is 0 Å². The van der Waals surface area contributed by atoms with E-state index in [9.17, 15) is 13.6 Å². The van der Waals surface area contributed by atoms with Crippen molar-refractivity contribution in [3.05, 3.63) is 35.4 Å². The molecule has 0 saturated carbocycles. The van der Waals surface area contributed by atoms with E-state index >= 15 is 0 Å². The maximum Gasteiger partial charge on any atom is 0.225 e. The molecule has 0 atom stereocenters. The van der Waals surface area contributed by atoms with Crippen LogP contribution >= 0.6 is 0 Å². The van der Waals surface area contributed by atoms with Gasteiger partial charge in [-0.1, -0.05) is 12.1 Å². The smallest absolute Gasteiger partial charge is 0.225 e. The fraction of sp³-hybridized carbons (Fsp3) is 0.533. The van der Waals surface area contributed by atoms with Gasteiger partial charge in [0.15, 0.2) is 11.6 Å². The van der Waals surface area contributed by atoms with Gasteiger partial charge in [0.25, 0.3) is 0 Å². The third-order valence-electron chi connectivity index (χ3n) is 3.80. The first kappa shape index (κ1) is 14.9. The van der Waals surface area contributed by atoms with E-state index in [1.54, 1.807) is 25.1 Å². The highest BCUT2D eigenvalue weighted by molar-refractivity contribution is 5.78. The van der Waals surface area contributed by atoms with Gasteiger partial charge in [-0.15, -0.1) is 0 Å². The van der Waals surface area contributed by atoms with Gasteiger partial charge in [-0.3, -0.25) is 9.69 Å². The molecule has 5 heteroatoms. The summed E-state index contributed by atoms with van der Waals surface area (Å²) in [4.78, 5) is 15.5. The van der Waals surface area contributed by atoms with Crippen molar-refractivity contribution in [3.63, 3.8) is 0 Å². The van der Waals surface area contributed by atoms with Gasteiger partial charge in [0.1, 0.15) is 0 Å². The van der Waals surface area contributed by atoms with Gasteiger partial charge in [0.05, 0.1) is 0 Å². The summed E-state index contributed by atoms with van der Waals surface area (Å²) in [5.74, 6) is -1.36. The zero-order valence-corrected chi connectivity index (χ0v) is 11.9. The van der Waals surface area contributed by atoms with Crippen molar-refractivity contribution < 1.29 is 13.6 Å². The number of carbonyl (C=O) groups excluding carboxylic acids is 1. The SMILES string of the molecule is CN(C)C(=O)C1CCN(Cc2cccc(F)c2F)CC1. The van der Waals surface area contributed by atoms with Crippen molar-refractivity contribution in [2.45, 2.75) is 19.4 Å². The molecule has 2 rings (SSSR count).